The van der Waals surface area contributed by atoms with E-state index in [4.69, 9.17) is 10.3 Å². The molecule has 2 heterocycles. The second kappa shape index (κ2) is 3.91. The van der Waals surface area contributed by atoms with Gasteiger partial charge in [0.15, 0.2) is 0 Å². The summed E-state index contributed by atoms with van der Waals surface area (Å²) in [5, 5.41) is 0. The van der Waals surface area contributed by atoms with Gasteiger partial charge in [0.25, 0.3) is 0 Å². The maximum Gasteiger partial charge on any atom is 0.0957 e. The Labute approximate surface area is 85.7 Å². The maximum atomic E-state index is 5.51. The molecule has 74 valence electrons. The summed E-state index contributed by atoms with van der Waals surface area (Å²) in [6.45, 7) is 1.99. The summed E-state index contributed by atoms with van der Waals surface area (Å²) in [5.74, 6) is 5.51. The van der Waals surface area contributed by atoms with Crippen LogP contribution in [0.15, 0.2) is 28.7 Å². The molecule has 0 radical (unpaired) electrons. The van der Waals surface area contributed by atoms with E-state index in [-0.39, 0.29) is 6.04 Å². The highest BCUT2D eigenvalue weighted by molar-refractivity contribution is 7.09. The quantitative estimate of drug-likeness (QED) is 0.595. The predicted octanol–water partition coefficient (Wildman–Crippen LogP) is 1.60. The molecule has 14 heavy (non-hydrogen) atoms. The van der Waals surface area contributed by atoms with E-state index < -0.39 is 0 Å². The van der Waals surface area contributed by atoms with Gasteiger partial charge in [0.1, 0.15) is 0 Å². The van der Waals surface area contributed by atoms with Crippen molar-refractivity contribution in [1.29, 1.82) is 0 Å². The number of nitrogens with one attached hydrogen (secondary N) is 1. The molecule has 0 saturated carbocycles. The van der Waals surface area contributed by atoms with Gasteiger partial charge in [0, 0.05) is 16.6 Å². The number of aryl methyl sites for hydroxylation is 1. The van der Waals surface area contributed by atoms with Crippen LogP contribution in [0.3, 0.4) is 0 Å². The van der Waals surface area contributed by atoms with Crippen molar-refractivity contribution in [2.45, 2.75) is 13.0 Å². The third kappa shape index (κ3) is 1.57. The van der Waals surface area contributed by atoms with Crippen molar-refractivity contribution in [3.8, 4) is 0 Å². The van der Waals surface area contributed by atoms with Crippen LogP contribution in [0, 0.1) is 6.92 Å². The molecule has 0 spiro atoms. The van der Waals surface area contributed by atoms with Crippen LogP contribution in [0.5, 0.6) is 0 Å². The number of hydrogen-bond donors (Lipinski definition) is 2. The van der Waals surface area contributed by atoms with Crippen LogP contribution in [0.1, 0.15) is 22.0 Å². The lowest BCUT2D eigenvalue weighted by Crippen LogP contribution is -2.28. The first-order valence-electron chi connectivity index (χ1n) is 4.20. The van der Waals surface area contributed by atoms with Crippen molar-refractivity contribution in [3.05, 3.63) is 40.2 Å². The SMILES string of the molecule is Cc1cocc1C(NN)c1cncs1. The van der Waals surface area contributed by atoms with E-state index in [2.05, 4.69) is 10.4 Å². The minimum absolute atomic E-state index is 0.0266. The lowest BCUT2D eigenvalue weighted by Gasteiger charge is -2.12. The Morgan fingerprint density at radius 3 is 2.93 bits per heavy atom. The normalized spacial score (nSPS) is 13.0. The fourth-order valence-electron chi connectivity index (χ4n) is 1.36. The predicted molar refractivity (Wildman–Crippen MR) is 54.7 cm³/mol. The zero-order valence-corrected chi connectivity index (χ0v) is 8.54. The Morgan fingerprint density at radius 1 is 1.57 bits per heavy atom. The number of hydrazine groups is 1. The van der Waals surface area contributed by atoms with Gasteiger partial charge in [-0.2, -0.15) is 0 Å². The summed E-state index contributed by atoms with van der Waals surface area (Å²) in [5.41, 5.74) is 6.68. The van der Waals surface area contributed by atoms with Crippen LogP contribution >= 0.6 is 11.3 Å². The van der Waals surface area contributed by atoms with Crippen LogP contribution in [0.2, 0.25) is 0 Å². The second-order valence-corrected chi connectivity index (χ2v) is 3.93. The molecule has 0 fully saturated rings. The zero-order valence-electron chi connectivity index (χ0n) is 7.73. The average Bonchev–Trinajstić information content (AvgIpc) is 2.80. The number of nitrogens with two attached hydrogens (primary N) is 1. The Balaban J connectivity index is 2.36. The topological polar surface area (TPSA) is 64.1 Å². The van der Waals surface area contributed by atoms with Gasteiger partial charge in [0.05, 0.1) is 24.1 Å². The number of hydrogen-bond acceptors (Lipinski definition) is 5. The van der Waals surface area contributed by atoms with Crippen LogP contribution in [-0.4, -0.2) is 4.98 Å². The van der Waals surface area contributed by atoms with Gasteiger partial charge in [-0.15, -0.1) is 11.3 Å². The van der Waals surface area contributed by atoms with Crippen molar-refractivity contribution in [3.63, 3.8) is 0 Å². The van der Waals surface area contributed by atoms with Gasteiger partial charge in [-0.3, -0.25) is 10.8 Å². The van der Waals surface area contributed by atoms with E-state index in [1.165, 1.54) is 0 Å². The van der Waals surface area contributed by atoms with Crippen LogP contribution in [0.4, 0.5) is 0 Å². The summed E-state index contributed by atoms with van der Waals surface area (Å²) < 4.78 is 5.11. The molecule has 1 atom stereocenters. The minimum Gasteiger partial charge on any atom is -0.472 e. The van der Waals surface area contributed by atoms with Crippen molar-refractivity contribution in [2.24, 2.45) is 5.84 Å². The fraction of sp³-hybridized carbons (Fsp3) is 0.222. The number of aromatic nitrogens is 1. The molecule has 0 aliphatic rings. The molecule has 0 aliphatic heterocycles. The summed E-state index contributed by atoms with van der Waals surface area (Å²) in [6.07, 6.45) is 5.22. The molecular formula is C9H11N3OS. The molecule has 0 saturated heterocycles. The molecule has 0 amide bonds. The number of furan rings is 1. The highest BCUT2D eigenvalue weighted by Gasteiger charge is 2.17. The zero-order chi connectivity index (χ0) is 9.97. The molecule has 2 rings (SSSR count). The Kier molecular flexibility index (Phi) is 2.62. The summed E-state index contributed by atoms with van der Waals surface area (Å²) in [4.78, 5) is 5.10. The lowest BCUT2D eigenvalue weighted by molar-refractivity contribution is 0.554. The smallest absolute Gasteiger partial charge is 0.0957 e. The molecule has 2 aromatic rings. The first-order chi connectivity index (χ1) is 6.83. The van der Waals surface area contributed by atoms with Gasteiger partial charge in [0.2, 0.25) is 0 Å². The molecule has 0 aromatic carbocycles. The Bertz CT molecular complexity index is 396. The number of rotatable bonds is 3. The van der Waals surface area contributed by atoms with E-state index in [1.54, 1.807) is 29.4 Å². The van der Waals surface area contributed by atoms with E-state index in [0.717, 1.165) is 16.0 Å². The summed E-state index contributed by atoms with van der Waals surface area (Å²) >= 11 is 1.57. The number of thiazole rings is 1. The molecule has 5 heteroatoms. The lowest BCUT2D eigenvalue weighted by atomic mass is 10.1. The van der Waals surface area contributed by atoms with Crippen molar-refractivity contribution >= 4 is 11.3 Å². The summed E-state index contributed by atoms with van der Waals surface area (Å²) in [7, 11) is 0. The maximum absolute atomic E-state index is 5.51. The van der Waals surface area contributed by atoms with Crippen LogP contribution < -0.4 is 11.3 Å². The van der Waals surface area contributed by atoms with E-state index in [0.29, 0.717) is 0 Å². The first-order valence-corrected chi connectivity index (χ1v) is 5.08. The molecule has 2 aromatic heterocycles. The highest BCUT2D eigenvalue weighted by Crippen LogP contribution is 2.26. The van der Waals surface area contributed by atoms with Gasteiger partial charge in [-0.25, -0.2) is 5.43 Å². The molecule has 0 bridgehead atoms. The molecular weight excluding hydrogens is 198 g/mol. The van der Waals surface area contributed by atoms with Crippen molar-refractivity contribution < 1.29 is 4.42 Å². The van der Waals surface area contributed by atoms with Crippen LogP contribution in [0.25, 0.3) is 0 Å². The average molecular weight is 209 g/mol. The third-order valence-electron chi connectivity index (χ3n) is 2.11. The number of nitrogens with zero attached hydrogens (tertiary/aromatic N) is 1. The summed E-state index contributed by atoms with van der Waals surface area (Å²) in [6, 6.07) is -0.0266. The van der Waals surface area contributed by atoms with Crippen molar-refractivity contribution in [2.75, 3.05) is 0 Å². The van der Waals surface area contributed by atoms with Crippen LogP contribution in [-0.2, 0) is 0 Å². The third-order valence-corrected chi connectivity index (χ3v) is 2.95. The fourth-order valence-corrected chi connectivity index (χ4v) is 2.06. The van der Waals surface area contributed by atoms with Gasteiger partial charge in [-0.05, 0) is 12.5 Å². The first kappa shape index (κ1) is 9.39. The van der Waals surface area contributed by atoms with E-state index in [9.17, 15) is 0 Å². The monoisotopic (exact) mass is 209 g/mol. The largest absolute Gasteiger partial charge is 0.472 e. The Morgan fingerprint density at radius 2 is 2.43 bits per heavy atom. The Hall–Kier alpha value is -1.17. The highest BCUT2D eigenvalue weighted by atomic mass is 32.1. The molecule has 4 nitrogen and oxygen atoms in total. The molecule has 0 aliphatic carbocycles. The van der Waals surface area contributed by atoms with Gasteiger partial charge >= 0.3 is 0 Å². The molecule has 1 unspecified atom stereocenters. The second-order valence-electron chi connectivity index (χ2n) is 3.01. The van der Waals surface area contributed by atoms with Crippen molar-refractivity contribution in [1.82, 2.24) is 10.4 Å². The van der Waals surface area contributed by atoms with E-state index in [1.807, 2.05) is 13.1 Å². The minimum atomic E-state index is -0.0266. The molecule has 3 N–H and O–H groups in total. The van der Waals surface area contributed by atoms with Gasteiger partial charge in [-0.1, -0.05) is 0 Å². The van der Waals surface area contributed by atoms with Gasteiger partial charge < -0.3 is 4.42 Å². The standard InChI is InChI=1S/C9H11N3OS/c1-6-3-13-4-7(6)9(12-10)8-2-11-5-14-8/h2-5,9,12H,10H2,1H3. The van der Waals surface area contributed by atoms with E-state index >= 15 is 0 Å².